The van der Waals surface area contributed by atoms with Crippen LogP contribution in [0.5, 0.6) is 0 Å². The van der Waals surface area contributed by atoms with Crippen LogP contribution in [0.3, 0.4) is 0 Å². The Morgan fingerprint density at radius 2 is 1.84 bits per heavy atom. The first-order valence-electron chi connectivity index (χ1n) is 6.93. The molecule has 3 aliphatic rings. The number of ether oxygens (including phenoxy) is 1. The van der Waals surface area contributed by atoms with Gasteiger partial charge in [-0.3, -0.25) is 4.79 Å². The molecule has 1 saturated carbocycles. The molecule has 106 valence electrons. The fourth-order valence-corrected chi connectivity index (χ4v) is 4.54. The molecule has 0 spiro atoms. The Labute approximate surface area is 116 Å². The van der Waals surface area contributed by atoms with Gasteiger partial charge in [0.05, 0.1) is 5.37 Å². The number of hydrogen-bond acceptors (Lipinski definition) is 4. The van der Waals surface area contributed by atoms with Crippen molar-refractivity contribution in [3.8, 4) is 0 Å². The van der Waals surface area contributed by atoms with E-state index in [1.807, 2.05) is 0 Å². The number of aliphatic carboxylic acids is 1. The molecule has 2 unspecified atom stereocenters. The lowest BCUT2D eigenvalue weighted by atomic mass is 9.98. The van der Waals surface area contributed by atoms with E-state index in [4.69, 9.17) is 4.74 Å². The Morgan fingerprint density at radius 1 is 1.16 bits per heavy atom. The average Bonchev–Trinajstić information content (AvgIpc) is 3.17. The second-order valence-corrected chi connectivity index (χ2v) is 6.70. The lowest BCUT2D eigenvalue weighted by molar-refractivity contribution is -0.150. The van der Waals surface area contributed by atoms with Crippen LogP contribution in [-0.4, -0.2) is 52.3 Å². The first-order valence-corrected chi connectivity index (χ1v) is 7.97. The molecule has 5 nitrogen and oxygen atoms in total. The van der Waals surface area contributed by atoms with Gasteiger partial charge >= 0.3 is 5.97 Å². The third-order valence-corrected chi connectivity index (χ3v) is 5.63. The number of thioether (sulfide) groups is 1. The Bertz CT molecular complexity index is 379. The molecule has 3 rings (SSSR count). The van der Waals surface area contributed by atoms with E-state index in [0.29, 0.717) is 11.7 Å². The number of rotatable bonds is 3. The summed E-state index contributed by atoms with van der Waals surface area (Å²) in [5.41, 5.74) is 0. The van der Waals surface area contributed by atoms with Gasteiger partial charge in [-0.25, -0.2) is 4.79 Å². The summed E-state index contributed by atoms with van der Waals surface area (Å²) in [6, 6.07) is -0.633. The van der Waals surface area contributed by atoms with Gasteiger partial charge in [-0.2, -0.15) is 0 Å². The second kappa shape index (κ2) is 5.32. The van der Waals surface area contributed by atoms with Crippen molar-refractivity contribution < 1.29 is 19.4 Å². The van der Waals surface area contributed by atoms with Crippen molar-refractivity contribution in [2.24, 2.45) is 11.8 Å². The van der Waals surface area contributed by atoms with Gasteiger partial charge in [0.25, 0.3) is 0 Å². The summed E-state index contributed by atoms with van der Waals surface area (Å²) in [5, 5.41) is 9.36. The Balaban J connectivity index is 1.77. The molecule has 0 radical (unpaired) electrons. The van der Waals surface area contributed by atoms with Crippen molar-refractivity contribution in [2.45, 2.75) is 37.1 Å². The zero-order valence-corrected chi connectivity index (χ0v) is 11.6. The molecule has 0 bridgehead atoms. The highest BCUT2D eigenvalue weighted by molar-refractivity contribution is 8.00. The van der Waals surface area contributed by atoms with Crippen LogP contribution < -0.4 is 0 Å². The molecule has 3 fully saturated rings. The third kappa shape index (κ3) is 2.60. The summed E-state index contributed by atoms with van der Waals surface area (Å²) < 4.78 is 5.36. The zero-order chi connectivity index (χ0) is 13.4. The number of carboxylic acid groups (broad SMARTS) is 1. The van der Waals surface area contributed by atoms with Crippen LogP contribution >= 0.6 is 11.8 Å². The number of carbonyl (C=O) groups is 2. The van der Waals surface area contributed by atoms with Crippen LogP contribution in [0, 0.1) is 11.8 Å². The van der Waals surface area contributed by atoms with Gasteiger partial charge in [0.2, 0.25) is 5.91 Å². The maximum Gasteiger partial charge on any atom is 0.327 e. The highest BCUT2D eigenvalue weighted by Gasteiger charge is 2.48. The molecule has 0 aromatic heterocycles. The van der Waals surface area contributed by atoms with Gasteiger partial charge in [-0.15, -0.1) is 11.8 Å². The Morgan fingerprint density at radius 3 is 2.42 bits per heavy atom. The van der Waals surface area contributed by atoms with E-state index in [2.05, 4.69) is 0 Å². The predicted octanol–water partition coefficient (Wildman–Crippen LogP) is 1.18. The van der Waals surface area contributed by atoms with Gasteiger partial charge in [-0.1, -0.05) is 0 Å². The standard InChI is InChI=1S/C13H19NO4S/c15-11(8-1-2-8)14-10(13(16)17)7-19-12(14)9-3-5-18-6-4-9/h8-10,12H,1-7H2,(H,16,17). The van der Waals surface area contributed by atoms with Crippen LogP contribution in [0.15, 0.2) is 0 Å². The summed E-state index contributed by atoms with van der Waals surface area (Å²) in [6.45, 7) is 1.45. The minimum absolute atomic E-state index is 0.0399. The molecule has 0 aromatic carbocycles. The van der Waals surface area contributed by atoms with Gasteiger partial charge in [0.15, 0.2) is 0 Å². The first-order chi connectivity index (χ1) is 9.18. The van der Waals surface area contributed by atoms with Crippen molar-refractivity contribution in [2.75, 3.05) is 19.0 Å². The van der Waals surface area contributed by atoms with E-state index < -0.39 is 12.0 Å². The summed E-state index contributed by atoms with van der Waals surface area (Å²) in [6.07, 6.45) is 3.70. The van der Waals surface area contributed by atoms with Gasteiger partial charge < -0.3 is 14.7 Å². The van der Waals surface area contributed by atoms with Crippen molar-refractivity contribution >= 4 is 23.6 Å². The van der Waals surface area contributed by atoms with E-state index in [1.165, 1.54) is 0 Å². The van der Waals surface area contributed by atoms with E-state index in [-0.39, 0.29) is 17.2 Å². The molecule has 6 heteroatoms. The summed E-state index contributed by atoms with van der Waals surface area (Å²) in [4.78, 5) is 25.4. The largest absolute Gasteiger partial charge is 0.480 e. The lowest BCUT2D eigenvalue weighted by Gasteiger charge is -2.34. The van der Waals surface area contributed by atoms with E-state index in [1.54, 1.807) is 16.7 Å². The Hall–Kier alpha value is -0.750. The fraction of sp³-hybridized carbons (Fsp3) is 0.846. The predicted molar refractivity (Wildman–Crippen MR) is 70.8 cm³/mol. The van der Waals surface area contributed by atoms with Crippen LogP contribution in [0.1, 0.15) is 25.7 Å². The molecule has 2 atom stereocenters. The number of amides is 1. The van der Waals surface area contributed by atoms with Crippen LogP contribution in [0.4, 0.5) is 0 Å². The minimum atomic E-state index is -0.865. The van der Waals surface area contributed by atoms with E-state index >= 15 is 0 Å². The van der Waals surface area contributed by atoms with Gasteiger partial charge in [0, 0.05) is 24.9 Å². The normalized spacial score (nSPS) is 32.5. The number of carbonyl (C=O) groups excluding carboxylic acids is 1. The smallest absolute Gasteiger partial charge is 0.327 e. The third-order valence-electron chi connectivity index (χ3n) is 4.17. The van der Waals surface area contributed by atoms with E-state index in [9.17, 15) is 14.7 Å². The molecule has 0 aromatic rings. The van der Waals surface area contributed by atoms with Gasteiger partial charge in [-0.05, 0) is 31.6 Å². The lowest BCUT2D eigenvalue weighted by Crippen LogP contribution is -2.49. The first kappa shape index (κ1) is 13.2. The average molecular weight is 285 g/mol. The van der Waals surface area contributed by atoms with Crippen LogP contribution in [0.2, 0.25) is 0 Å². The maximum atomic E-state index is 12.4. The second-order valence-electron chi connectivity index (χ2n) is 5.55. The number of nitrogens with zero attached hydrogens (tertiary/aromatic N) is 1. The van der Waals surface area contributed by atoms with Crippen LogP contribution in [0.25, 0.3) is 0 Å². The van der Waals surface area contributed by atoms with Crippen LogP contribution in [-0.2, 0) is 14.3 Å². The summed E-state index contributed by atoms with van der Waals surface area (Å²) >= 11 is 1.64. The van der Waals surface area contributed by atoms with E-state index in [0.717, 1.165) is 38.9 Å². The quantitative estimate of drug-likeness (QED) is 0.843. The molecule has 2 heterocycles. The molecular weight excluding hydrogens is 266 g/mol. The highest BCUT2D eigenvalue weighted by atomic mass is 32.2. The number of hydrogen-bond donors (Lipinski definition) is 1. The van der Waals surface area contributed by atoms with Crippen molar-refractivity contribution in [1.82, 2.24) is 4.90 Å². The van der Waals surface area contributed by atoms with Crippen molar-refractivity contribution in [3.05, 3.63) is 0 Å². The SMILES string of the molecule is O=C(O)C1CSC(C2CCOCC2)N1C(=O)C1CC1. The van der Waals surface area contributed by atoms with Crippen molar-refractivity contribution in [1.29, 1.82) is 0 Å². The Kier molecular flexibility index (Phi) is 3.71. The fourth-order valence-electron chi connectivity index (χ4n) is 2.90. The molecule has 1 amide bonds. The monoisotopic (exact) mass is 285 g/mol. The molecular formula is C13H19NO4S. The maximum absolute atomic E-state index is 12.4. The summed E-state index contributed by atoms with van der Waals surface area (Å²) in [5.74, 6) is 0.189. The number of carboxylic acids is 1. The molecule has 2 saturated heterocycles. The molecule has 1 aliphatic carbocycles. The molecule has 1 N–H and O–H groups in total. The van der Waals surface area contributed by atoms with Crippen molar-refractivity contribution in [3.63, 3.8) is 0 Å². The molecule has 2 aliphatic heterocycles. The molecule has 19 heavy (non-hydrogen) atoms. The highest BCUT2D eigenvalue weighted by Crippen LogP contribution is 2.42. The minimum Gasteiger partial charge on any atom is -0.480 e. The van der Waals surface area contributed by atoms with Gasteiger partial charge in [0.1, 0.15) is 6.04 Å². The topological polar surface area (TPSA) is 66.8 Å². The zero-order valence-electron chi connectivity index (χ0n) is 10.8. The summed E-state index contributed by atoms with van der Waals surface area (Å²) in [7, 11) is 0.